The van der Waals surface area contributed by atoms with Crippen molar-refractivity contribution in [3.8, 4) is 5.75 Å². The second-order valence-electron chi connectivity index (χ2n) is 7.26. The Morgan fingerprint density at radius 2 is 1.61 bits per heavy atom. The van der Waals surface area contributed by atoms with Gasteiger partial charge in [0.2, 0.25) is 0 Å². The molecule has 1 heterocycles. The molecule has 5 nitrogen and oxygen atoms in total. The molecule has 0 aliphatic carbocycles. The van der Waals surface area contributed by atoms with Crippen LogP contribution in [0.1, 0.15) is 29.7 Å². The summed E-state index contributed by atoms with van der Waals surface area (Å²) in [6, 6.07) is 17.5. The van der Waals surface area contributed by atoms with Gasteiger partial charge in [0.1, 0.15) is 17.3 Å². The highest BCUT2D eigenvalue weighted by Gasteiger charge is 2.47. The average molecular weight is 417 g/mol. The van der Waals surface area contributed by atoms with Crippen LogP contribution in [-0.2, 0) is 16.0 Å². The Morgan fingerprint density at radius 1 is 0.968 bits per heavy atom. The van der Waals surface area contributed by atoms with Crippen molar-refractivity contribution in [1.82, 2.24) is 0 Å². The van der Waals surface area contributed by atoms with Gasteiger partial charge < -0.3 is 10.2 Å². The van der Waals surface area contributed by atoms with Gasteiger partial charge in [-0.15, -0.1) is 0 Å². The largest absolute Gasteiger partial charge is 0.507 e. The van der Waals surface area contributed by atoms with Gasteiger partial charge in [0.15, 0.2) is 0 Å². The minimum Gasteiger partial charge on any atom is -0.507 e. The Morgan fingerprint density at radius 3 is 2.23 bits per heavy atom. The average Bonchev–Trinajstić information content (AvgIpc) is 3.05. The molecule has 156 valence electrons. The van der Waals surface area contributed by atoms with E-state index in [9.17, 15) is 24.2 Å². The van der Waals surface area contributed by atoms with E-state index in [0.29, 0.717) is 11.1 Å². The Kier molecular flexibility index (Phi) is 5.29. The van der Waals surface area contributed by atoms with Gasteiger partial charge in [0.05, 0.1) is 17.3 Å². The van der Waals surface area contributed by atoms with E-state index < -0.39 is 23.5 Å². The molecule has 0 spiro atoms. The van der Waals surface area contributed by atoms with Crippen LogP contribution in [0.3, 0.4) is 0 Å². The van der Waals surface area contributed by atoms with Crippen LogP contribution in [-0.4, -0.2) is 21.9 Å². The molecule has 1 aliphatic rings. The van der Waals surface area contributed by atoms with Crippen molar-refractivity contribution >= 4 is 23.1 Å². The number of phenols is 1. The SMILES string of the molecule is CCc1ccc(/C(O)=C2\C(=O)C(=O)N(c3ccccc3O)C2c2ccc(F)cc2)cc1. The van der Waals surface area contributed by atoms with Crippen molar-refractivity contribution < 1.29 is 24.2 Å². The quantitative estimate of drug-likeness (QED) is 0.366. The molecule has 3 aromatic carbocycles. The number of nitrogens with zero attached hydrogens (tertiary/aromatic N) is 1. The molecular weight excluding hydrogens is 397 g/mol. The van der Waals surface area contributed by atoms with Gasteiger partial charge in [-0.2, -0.15) is 0 Å². The molecular formula is C25H20FNO4. The molecule has 1 atom stereocenters. The summed E-state index contributed by atoms with van der Waals surface area (Å²) < 4.78 is 13.6. The van der Waals surface area contributed by atoms with E-state index in [0.717, 1.165) is 16.9 Å². The predicted octanol–water partition coefficient (Wildman–Crippen LogP) is 4.72. The van der Waals surface area contributed by atoms with E-state index in [1.165, 1.54) is 36.4 Å². The number of rotatable bonds is 4. The fourth-order valence-electron chi connectivity index (χ4n) is 3.76. The number of aliphatic hydroxyl groups excluding tert-OH is 1. The summed E-state index contributed by atoms with van der Waals surface area (Å²) >= 11 is 0. The lowest BCUT2D eigenvalue weighted by molar-refractivity contribution is -0.132. The lowest BCUT2D eigenvalue weighted by Gasteiger charge is -2.26. The number of aryl methyl sites for hydroxylation is 1. The molecule has 1 amide bonds. The highest BCUT2D eigenvalue weighted by atomic mass is 19.1. The van der Waals surface area contributed by atoms with Crippen LogP contribution in [0.25, 0.3) is 5.76 Å². The maximum atomic E-state index is 13.6. The Balaban J connectivity index is 1.94. The first-order valence-corrected chi connectivity index (χ1v) is 9.86. The van der Waals surface area contributed by atoms with Crippen LogP contribution < -0.4 is 4.90 Å². The van der Waals surface area contributed by atoms with E-state index in [1.54, 1.807) is 24.3 Å². The Hall–Kier alpha value is -3.93. The fourth-order valence-corrected chi connectivity index (χ4v) is 3.76. The number of anilines is 1. The normalized spacial score (nSPS) is 17.9. The number of halogens is 1. The van der Waals surface area contributed by atoms with Crippen LogP contribution in [0.4, 0.5) is 10.1 Å². The first kappa shape index (κ1) is 20.3. The molecule has 1 fully saturated rings. The number of hydrogen-bond donors (Lipinski definition) is 2. The Bertz CT molecular complexity index is 1180. The second-order valence-corrected chi connectivity index (χ2v) is 7.26. The van der Waals surface area contributed by atoms with Crippen LogP contribution >= 0.6 is 0 Å². The van der Waals surface area contributed by atoms with Gasteiger partial charge >= 0.3 is 0 Å². The van der Waals surface area contributed by atoms with E-state index in [4.69, 9.17) is 0 Å². The van der Waals surface area contributed by atoms with E-state index in [-0.39, 0.29) is 22.8 Å². The third-order valence-electron chi connectivity index (χ3n) is 5.41. The number of benzene rings is 3. The smallest absolute Gasteiger partial charge is 0.300 e. The highest BCUT2D eigenvalue weighted by Crippen LogP contribution is 2.44. The van der Waals surface area contributed by atoms with Crippen molar-refractivity contribution in [2.75, 3.05) is 4.90 Å². The molecule has 2 N–H and O–H groups in total. The number of aliphatic hydroxyl groups is 1. The van der Waals surface area contributed by atoms with Gasteiger partial charge in [0, 0.05) is 5.56 Å². The van der Waals surface area contributed by atoms with Crippen LogP contribution in [0.15, 0.2) is 78.4 Å². The third kappa shape index (κ3) is 3.57. The number of ketones is 1. The first-order chi connectivity index (χ1) is 14.9. The van der Waals surface area contributed by atoms with Gasteiger partial charge in [-0.25, -0.2) is 4.39 Å². The summed E-state index contributed by atoms with van der Waals surface area (Å²) in [5.41, 5.74) is 1.87. The van der Waals surface area contributed by atoms with Crippen molar-refractivity contribution in [2.45, 2.75) is 19.4 Å². The number of carbonyl (C=O) groups excluding carboxylic acids is 2. The van der Waals surface area contributed by atoms with E-state index in [2.05, 4.69) is 0 Å². The number of hydrogen-bond acceptors (Lipinski definition) is 4. The minimum atomic E-state index is -1.03. The minimum absolute atomic E-state index is 0.121. The molecule has 1 unspecified atom stereocenters. The molecule has 1 aliphatic heterocycles. The Labute approximate surface area is 178 Å². The second kappa shape index (κ2) is 8.07. The number of amides is 1. The van der Waals surface area contributed by atoms with Gasteiger partial charge in [0.25, 0.3) is 11.7 Å². The standard InChI is InChI=1S/C25H20FNO4/c1-2-15-7-9-17(10-8-15)23(29)21-22(16-11-13-18(26)14-12-16)27(25(31)24(21)30)19-5-3-4-6-20(19)28/h3-14,22,28-29H,2H2,1H3/b23-21+. The zero-order valence-electron chi connectivity index (χ0n) is 16.7. The number of aromatic hydroxyl groups is 1. The molecule has 3 aromatic rings. The summed E-state index contributed by atoms with van der Waals surface area (Å²) in [6.45, 7) is 2.00. The molecule has 4 rings (SSSR count). The highest BCUT2D eigenvalue weighted by molar-refractivity contribution is 6.51. The van der Waals surface area contributed by atoms with Crippen molar-refractivity contribution in [3.05, 3.63) is 101 Å². The summed E-state index contributed by atoms with van der Waals surface area (Å²) in [5.74, 6) is -2.76. The topological polar surface area (TPSA) is 77.8 Å². The molecule has 1 saturated heterocycles. The maximum absolute atomic E-state index is 13.6. The molecule has 6 heteroatoms. The first-order valence-electron chi connectivity index (χ1n) is 9.86. The predicted molar refractivity (Wildman–Crippen MR) is 115 cm³/mol. The summed E-state index contributed by atoms with van der Waals surface area (Å²) in [5, 5.41) is 21.4. The maximum Gasteiger partial charge on any atom is 0.300 e. The van der Waals surface area contributed by atoms with Crippen LogP contribution in [0.5, 0.6) is 5.75 Å². The summed E-state index contributed by atoms with van der Waals surface area (Å²) in [6.07, 6.45) is 0.814. The third-order valence-corrected chi connectivity index (χ3v) is 5.41. The summed E-state index contributed by atoms with van der Waals surface area (Å²) in [7, 11) is 0. The van der Waals surface area contributed by atoms with Gasteiger partial charge in [-0.05, 0) is 41.8 Å². The molecule has 0 bridgehead atoms. The van der Waals surface area contributed by atoms with E-state index in [1.807, 2.05) is 19.1 Å². The molecule has 0 radical (unpaired) electrons. The van der Waals surface area contributed by atoms with Crippen molar-refractivity contribution in [1.29, 1.82) is 0 Å². The van der Waals surface area contributed by atoms with Crippen LogP contribution in [0.2, 0.25) is 0 Å². The lowest BCUT2D eigenvalue weighted by atomic mass is 9.94. The number of carbonyl (C=O) groups is 2. The van der Waals surface area contributed by atoms with Gasteiger partial charge in [-0.1, -0.05) is 55.5 Å². The zero-order valence-corrected chi connectivity index (χ0v) is 16.7. The number of phenolic OH excluding ortho intramolecular Hbond substituents is 1. The van der Waals surface area contributed by atoms with Gasteiger partial charge in [-0.3, -0.25) is 14.5 Å². The number of para-hydroxylation sites is 2. The van der Waals surface area contributed by atoms with Crippen molar-refractivity contribution in [2.24, 2.45) is 0 Å². The monoisotopic (exact) mass is 417 g/mol. The molecule has 0 aromatic heterocycles. The number of Topliss-reactive ketones (excluding diaryl/α,β-unsaturated/α-hetero) is 1. The van der Waals surface area contributed by atoms with Crippen molar-refractivity contribution in [3.63, 3.8) is 0 Å². The molecule has 0 saturated carbocycles. The molecule has 31 heavy (non-hydrogen) atoms. The van der Waals surface area contributed by atoms with Crippen LogP contribution in [0, 0.1) is 5.82 Å². The zero-order chi connectivity index (χ0) is 22.1. The summed E-state index contributed by atoms with van der Waals surface area (Å²) in [4.78, 5) is 27.2. The fraction of sp³-hybridized carbons (Fsp3) is 0.120. The van der Waals surface area contributed by atoms with E-state index >= 15 is 0 Å². The lowest BCUT2D eigenvalue weighted by Crippen LogP contribution is -2.29.